The van der Waals surface area contributed by atoms with E-state index in [1.165, 1.54) is 89.7 Å². The molecule has 0 radical (unpaired) electrons. The molecule has 2 aliphatic rings. The van der Waals surface area contributed by atoms with Crippen molar-refractivity contribution >= 4 is 70.9 Å². The highest BCUT2D eigenvalue weighted by atomic mass is 16.5. The molecule has 2 heterocycles. The summed E-state index contributed by atoms with van der Waals surface area (Å²) in [5.74, 6) is -11.5. The van der Waals surface area contributed by atoms with Crippen molar-refractivity contribution in [2.45, 2.75) is 222 Å². The molecule has 12 amide bonds. The summed E-state index contributed by atoms with van der Waals surface area (Å²) in [5, 5.41) is 26.4. The van der Waals surface area contributed by atoms with Gasteiger partial charge in [-0.25, -0.2) is 0 Å². The third-order valence-corrected chi connectivity index (χ3v) is 18.4. The van der Waals surface area contributed by atoms with E-state index in [2.05, 4.69) is 26.6 Å². The lowest BCUT2D eigenvalue weighted by atomic mass is 9.91. The maximum Gasteiger partial charge on any atom is 0.248 e. The molecule has 6 N–H and O–H groups in total. The zero-order chi connectivity index (χ0) is 73.0. The topological polar surface area (TPSA) is 320 Å². The first-order valence-electron chi connectivity index (χ1n) is 34.1. The Morgan fingerprint density at radius 3 is 1.47 bits per heavy atom. The SMILES string of the molecule is CC=CCC(C)C(O)C1C(=O)NC(CC)C(=O)N(C)C(C)C(=O)N(C)C(C(C)COCC(=O)N2CCNCC2)C(=O)NC(C(C)C)C(=O)N(C)C(CC(C)C)C(=O)NC(C)C(=O)NC(C)C(=O)N(C)C(CC(C)C)C(=O)N(C)C(CC(C)C)C(=O)N(C)C(C(C)C)C(=O)N1C. The average Bonchev–Trinajstić information content (AvgIpc) is 0.810. The van der Waals surface area contributed by atoms with Gasteiger partial charge in [-0.05, 0) is 95.3 Å². The number of hydrogen-bond acceptors (Lipinski definition) is 15. The fourth-order valence-electron chi connectivity index (χ4n) is 12.2. The number of allylic oxidation sites excluding steroid dienone is 2. The summed E-state index contributed by atoms with van der Waals surface area (Å²) >= 11 is 0. The molecule has 0 saturated carbocycles. The summed E-state index contributed by atoms with van der Waals surface area (Å²) in [4.78, 5) is 186. The normalized spacial score (nSPS) is 27.3. The second-order valence-electron chi connectivity index (χ2n) is 28.4. The van der Waals surface area contributed by atoms with Gasteiger partial charge >= 0.3 is 0 Å². The van der Waals surface area contributed by atoms with E-state index in [0.29, 0.717) is 26.2 Å². The first-order valence-corrected chi connectivity index (χ1v) is 34.1. The van der Waals surface area contributed by atoms with Crippen molar-refractivity contribution in [1.82, 2.24) is 65.8 Å². The van der Waals surface area contributed by atoms with Crippen LogP contribution in [0.25, 0.3) is 0 Å². The molecule has 14 atom stereocenters. The van der Waals surface area contributed by atoms with Crippen molar-refractivity contribution in [3.63, 3.8) is 0 Å². The maximum absolute atomic E-state index is 15.3. The molecule has 2 fully saturated rings. The second-order valence-corrected chi connectivity index (χ2v) is 28.4. The highest BCUT2D eigenvalue weighted by Gasteiger charge is 2.46. The summed E-state index contributed by atoms with van der Waals surface area (Å²) in [6.45, 7) is 30.6. The Morgan fingerprint density at radius 2 is 0.979 bits per heavy atom. The van der Waals surface area contributed by atoms with E-state index in [0.717, 1.165) is 14.7 Å². The first-order chi connectivity index (χ1) is 44.1. The first kappa shape index (κ1) is 84.3. The fourth-order valence-corrected chi connectivity index (χ4v) is 12.2. The van der Waals surface area contributed by atoms with E-state index < -0.39 is 161 Å². The molecule has 27 heteroatoms. The number of hydrogen-bond donors (Lipinski definition) is 6. The van der Waals surface area contributed by atoms with Crippen molar-refractivity contribution in [3.05, 3.63) is 12.2 Å². The van der Waals surface area contributed by atoms with Crippen LogP contribution in [0.1, 0.15) is 150 Å². The number of amides is 12. The molecule has 27 nitrogen and oxygen atoms in total. The number of aliphatic hydroxyl groups is 1. The number of ether oxygens (including phenoxy) is 1. The Morgan fingerprint density at radius 1 is 0.516 bits per heavy atom. The molecule has 95 heavy (non-hydrogen) atoms. The van der Waals surface area contributed by atoms with Crippen LogP contribution >= 0.6 is 0 Å². The van der Waals surface area contributed by atoms with E-state index in [9.17, 15) is 38.7 Å². The molecule has 542 valence electrons. The minimum absolute atomic E-state index is 0.0323. The number of carbonyl (C=O) groups is 12. The van der Waals surface area contributed by atoms with Gasteiger partial charge in [-0.1, -0.05) is 102 Å². The third-order valence-electron chi connectivity index (χ3n) is 18.4. The van der Waals surface area contributed by atoms with Gasteiger partial charge in [0.25, 0.3) is 0 Å². The lowest BCUT2D eigenvalue weighted by Gasteiger charge is -2.41. The summed E-state index contributed by atoms with van der Waals surface area (Å²) in [7, 11) is 9.77. The van der Waals surface area contributed by atoms with Crippen LogP contribution in [-0.4, -0.2) is 276 Å². The van der Waals surface area contributed by atoms with Crippen LogP contribution in [-0.2, 0) is 62.3 Å². The van der Waals surface area contributed by atoms with Crippen LogP contribution in [0.3, 0.4) is 0 Å². The maximum atomic E-state index is 15.3. The molecule has 0 aromatic carbocycles. The Labute approximate surface area is 566 Å². The Hall–Kier alpha value is -6.74. The largest absolute Gasteiger partial charge is 0.390 e. The van der Waals surface area contributed by atoms with Gasteiger partial charge < -0.3 is 75.6 Å². The van der Waals surface area contributed by atoms with Crippen LogP contribution in [0.4, 0.5) is 0 Å². The number of nitrogens with one attached hydrogen (secondary N) is 5. The Kier molecular flexibility index (Phi) is 34.5. The molecule has 2 aliphatic heterocycles. The molecule has 14 unspecified atom stereocenters. The summed E-state index contributed by atoms with van der Waals surface area (Å²) in [6, 6.07) is -14.4. The van der Waals surface area contributed by atoms with Crippen molar-refractivity contribution in [3.8, 4) is 0 Å². The second kappa shape index (κ2) is 38.9. The number of rotatable bonds is 18. The molecular weight excluding hydrogens is 1220 g/mol. The smallest absolute Gasteiger partial charge is 0.248 e. The molecule has 0 bridgehead atoms. The van der Waals surface area contributed by atoms with E-state index in [1.807, 2.05) is 41.5 Å². The highest BCUT2D eigenvalue weighted by Crippen LogP contribution is 2.26. The lowest BCUT2D eigenvalue weighted by molar-refractivity contribution is -0.157. The molecule has 0 aliphatic carbocycles. The Balaban J connectivity index is 3.03. The van der Waals surface area contributed by atoms with Crippen LogP contribution in [0.5, 0.6) is 0 Å². The molecule has 2 rings (SSSR count). The van der Waals surface area contributed by atoms with Gasteiger partial charge in [-0.15, -0.1) is 0 Å². The number of carbonyl (C=O) groups excluding carboxylic acids is 12. The zero-order valence-corrected chi connectivity index (χ0v) is 61.7. The van der Waals surface area contributed by atoms with Crippen LogP contribution < -0.4 is 26.6 Å². The van der Waals surface area contributed by atoms with Gasteiger partial charge in [0.2, 0.25) is 70.9 Å². The minimum atomic E-state index is -1.66. The zero-order valence-electron chi connectivity index (χ0n) is 61.7. The Bertz CT molecular complexity index is 2650. The van der Waals surface area contributed by atoms with Crippen LogP contribution in [0.15, 0.2) is 12.2 Å². The summed E-state index contributed by atoms with van der Waals surface area (Å²) < 4.78 is 5.95. The van der Waals surface area contributed by atoms with Gasteiger partial charge in [-0.3, -0.25) is 57.5 Å². The number of piperazine rings is 1. The standard InChI is InChI=1S/C68H121N13O14/c1-25-27-28-43(13)57(83)56-61(87)72-48(26-2)64(90)74(18)47(17)63(89)79(23)55(44(14)36-95-37-52(82)81-31-29-69-30-32-81)60(86)73-53(41(9)10)67(93)75(19)49(33-38(3)4)59(85)70-45(15)58(84)71-46(16)62(88)76(20)50(34-39(5)6)65(91)77(21)51(35-40(7)8)66(92)78(22)54(42(11)12)68(94)80(56)24/h25,27,38-51,53-57,69,83H,26,28-37H2,1-24H3,(H,70,85)(H,71,84)(H,72,87)(H,73,86). The van der Waals surface area contributed by atoms with Gasteiger partial charge in [-0.2, -0.15) is 0 Å². The van der Waals surface area contributed by atoms with Crippen molar-refractivity contribution in [2.75, 3.05) is 88.7 Å². The van der Waals surface area contributed by atoms with E-state index in [-0.39, 0.29) is 69.0 Å². The molecule has 0 spiro atoms. The van der Waals surface area contributed by atoms with Crippen molar-refractivity contribution in [2.24, 2.45) is 41.4 Å². The lowest BCUT2D eigenvalue weighted by Crippen LogP contribution is -2.64. The fraction of sp³-hybridized carbons (Fsp3) is 0.794. The summed E-state index contributed by atoms with van der Waals surface area (Å²) in [6.07, 6.45) is 2.66. The van der Waals surface area contributed by atoms with Gasteiger partial charge in [0.05, 0.1) is 12.7 Å². The van der Waals surface area contributed by atoms with E-state index >= 15 is 24.0 Å². The summed E-state index contributed by atoms with van der Waals surface area (Å²) in [5.41, 5.74) is 0. The molecule has 0 aromatic heterocycles. The number of likely N-dealkylation sites (N-methyl/N-ethyl adjacent to an activating group) is 7. The predicted octanol–water partition coefficient (Wildman–Crippen LogP) is 1.70. The quantitative estimate of drug-likeness (QED) is 0.106. The van der Waals surface area contributed by atoms with Crippen molar-refractivity contribution in [1.29, 1.82) is 0 Å². The van der Waals surface area contributed by atoms with Crippen LogP contribution in [0.2, 0.25) is 0 Å². The van der Waals surface area contributed by atoms with Crippen molar-refractivity contribution < 1.29 is 67.4 Å². The van der Waals surface area contributed by atoms with Gasteiger partial charge in [0.15, 0.2) is 0 Å². The van der Waals surface area contributed by atoms with E-state index in [4.69, 9.17) is 4.74 Å². The van der Waals surface area contributed by atoms with Crippen LogP contribution in [0, 0.1) is 41.4 Å². The number of nitrogens with zero attached hydrogens (tertiary/aromatic N) is 8. The molecule has 0 aromatic rings. The minimum Gasteiger partial charge on any atom is -0.390 e. The number of aliphatic hydroxyl groups excluding tert-OH is 1. The molecule has 2 saturated heterocycles. The van der Waals surface area contributed by atoms with Gasteiger partial charge in [0.1, 0.15) is 73.1 Å². The highest BCUT2D eigenvalue weighted by molar-refractivity contribution is 6.00. The van der Waals surface area contributed by atoms with E-state index in [1.54, 1.807) is 72.4 Å². The predicted molar refractivity (Wildman–Crippen MR) is 363 cm³/mol. The van der Waals surface area contributed by atoms with Gasteiger partial charge in [0, 0.05) is 81.4 Å². The molecular formula is C68H121N13O14. The average molecular weight is 1340 g/mol. The monoisotopic (exact) mass is 1340 g/mol. The third kappa shape index (κ3) is 23.2.